The summed E-state index contributed by atoms with van der Waals surface area (Å²) in [5.74, 6) is -8.03. The van der Waals surface area contributed by atoms with E-state index < -0.39 is 63.5 Å². The Morgan fingerprint density at radius 1 is 0.523 bits per heavy atom. The second kappa shape index (κ2) is 11.1. The number of cyclic esters (lactones) is 2. The highest BCUT2D eigenvalue weighted by Crippen LogP contribution is 2.43. The van der Waals surface area contributed by atoms with Crippen LogP contribution in [0.15, 0.2) is 84.9 Å². The van der Waals surface area contributed by atoms with Gasteiger partial charge in [-0.1, -0.05) is 36.4 Å². The van der Waals surface area contributed by atoms with Gasteiger partial charge < -0.3 is 34.6 Å². The van der Waals surface area contributed by atoms with Gasteiger partial charge in [0.1, 0.15) is 34.1 Å². The minimum atomic E-state index is -1.87. The quantitative estimate of drug-likeness (QED) is 0.147. The van der Waals surface area contributed by atoms with Crippen molar-refractivity contribution in [2.75, 3.05) is 0 Å². The topological polar surface area (TPSA) is 211 Å². The molecule has 1 saturated heterocycles. The molecule has 0 aromatic heterocycles. The molecule has 0 bridgehead atoms. The Kier molecular flexibility index (Phi) is 7.29. The fourth-order valence-electron chi connectivity index (χ4n) is 4.74. The minimum absolute atomic E-state index is 0.0793. The van der Waals surface area contributed by atoms with Crippen LogP contribution in [0.4, 0.5) is 0 Å². The molecule has 5 rings (SSSR count). The SMILES string of the molecule is O=C(O)c1cccc(Oc2ccc(C3(c4ccc(Oc5cccc(C(=O)O)c5C(=O)O)cc4)C(=O)OC3=O)cc2)c1C(=O)O. The maximum absolute atomic E-state index is 12.8. The van der Waals surface area contributed by atoms with Crippen molar-refractivity contribution in [1.82, 2.24) is 0 Å². The molecule has 1 aliphatic rings. The van der Waals surface area contributed by atoms with E-state index in [-0.39, 0.29) is 34.1 Å². The lowest BCUT2D eigenvalue weighted by Crippen LogP contribution is -2.57. The van der Waals surface area contributed by atoms with Crippen molar-refractivity contribution in [2.24, 2.45) is 0 Å². The third kappa shape index (κ3) is 4.83. The normalized spacial score (nSPS) is 13.3. The molecule has 0 amide bonds. The molecule has 1 aliphatic heterocycles. The van der Waals surface area contributed by atoms with Crippen molar-refractivity contribution in [1.29, 1.82) is 0 Å². The number of benzene rings is 4. The van der Waals surface area contributed by atoms with Crippen molar-refractivity contribution in [3.63, 3.8) is 0 Å². The van der Waals surface area contributed by atoms with Gasteiger partial charge in [0.25, 0.3) is 0 Å². The van der Waals surface area contributed by atoms with Gasteiger partial charge in [-0.25, -0.2) is 28.8 Å². The molecule has 13 nitrogen and oxygen atoms in total. The van der Waals surface area contributed by atoms with Crippen LogP contribution in [0, 0.1) is 0 Å². The van der Waals surface area contributed by atoms with E-state index in [0.717, 1.165) is 12.1 Å². The number of esters is 2. The molecular formula is C31H18O13. The Morgan fingerprint density at radius 2 is 0.886 bits per heavy atom. The Balaban J connectivity index is 1.45. The zero-order chi connectivity index (χ0) is 31.8. The first kappa shape index (κ1) is 29.0. The smallest absolute Gasteiger partial charge is 0.340 e. The number of carbonyl (C=O) groups is 6. The van der Waals surface area contributed by atoms with E-state index >= 15 is 0 Å². The molecule has 0 atom stereocenters. The van der Waals surface area contributed by atoms with Gasteiger partial charge in [-0.05, 0) is 59.7 Å². The Bertz CT molecular complexity index is 1730. The summed E-state index contributed by atoms with van der Waals surface area (Å²) in [4.78, 5) is 72.0. The van der Waals surface area contributed by atoms with Gasteiger partial charge in [0, 0.05) is 0 Å². The minimum Gasteiger partial charge on any atom is -0.478 e. The summed E-state index contributed by atoms with van der Waals surface area (Å²) in [5.41, 5.74) is -3.59. The van der Waals surface area contributed by atoms with Crippen molar-refractivity contribution in [3.8, 4) is 23.0 Å². The molecule has 0 aliphatic carbocycles. The van der Waals surface area contributed by atoms with E-state index in [1.54, 1.807) is 0 Å². The molecule has 0 spiro atoms. The second-order valence-corrected chi connectivity index (χ2v) is 9.26. The molecule has 1 heterocycles. The number of carboxylic acid groups (broad SMARTS) is 4. The summed E-state index contributed by atoms with van der Waals surface area (Å²) in [6.45, 7) is 0. The Morgan fingerprint density at radius 3 is 1.18 bits per heavy atom. The van der Waals surface area contributed by atoms with Crippen LogP contribution in [0.5, 0.6) is 23.0 Å². The first-order valence-corrected chi connectivity index (χ1v) is 12.5. The number of hydrogen-bond acceptors (Lipinski definition) is 9. The summed E-state index contributed by atoms with van der Waals surface area (Å²) < 4.78 is 15.9. The van der Waals surface area contributed by atoms with Crippen molar-refractivity contribution in [2.45, 2.75) is 5.41 Å². The fraction of sp³-hybridized carbons (Fsp3) is 0.0323. The van der Waals surface area contributed by atoms with Crippen molar-refractivity contribution in [3.05, 3.63) is 118 Å². The molecule has 0 radical (unpaired) electrons. The van der Waals surface area contributed by atoms with E-state index in [9.17, 15) is 49.2 Å². The summed E-state index contributed by atoms with van der Waals surface area (Å²) >= 11 is 0. The van der Waals surface area contributed by atoms with Crippen LogP contribution in [0.3, 0.4) is 0 Å². The lowest BCUT2D eigenvalue weighted by molar-refractivity contribution is -0.184. The monoisotopic (exact) mass is 598 g/mol. The number of rotatable bonds is 10. The van der Waals surface area contributed by atoms with Crippen LogP contribution in [0.2, 0.25) is 0 Å². The highest BCUT2D eigenvalue weighted by molar-refractivity contribution is 6.22. The molecule has 4 N–H and O–H groups in total. The number of aromatic carboxylic acids is 4. The van der Waals surface area contributed by atoms with E-state index in [4.69, 9.17) is 9.47 Å². The molecular weight excluding hydrogens is 580 g/mol. The van der Waals surface area contributed by atoms with Crippen LogP contribution in [0.25, 0.3) is 0 Å². The molecule has 0 saturated carbocycles. The first-order valence-electron chi connectivity index (χ1n) is 12.5. The van der Waals surface area contributed by atoms with E-state index in [1.807, 2.05) is 0 Å². The third-order valence-electron chi connectivity index (χ3n) is 6.77. The Labute approximate surface area is 246 Å². The summed E-state index contributed by atoms with van der Waals surface area (Å²) in [6.07, 6.45) is 0. The zero-order valence-electron chi connectivity index (χ0n) is 22.0. The predicted octanol–water partition coefficient (Wildman–Crippen LogP) is 4.43. The van der Waals surface area contributed by atoms with E-state index in [2.05, 4.69) is 4.74 Å². The average Bonchev–Trinajstić information content (AvgIpc) is 2.98. The maximum Gasteiger partial charge on any atom is 0.340 e. The van der Waals surface area contributed by atoms with Gasteiger partial charge in [-0.15, -0.1) is 0 Å². The third-order valence-corrected chi connectivity index (χ3v) is 6.77. The highest BCUT2D eigenvalue weighted by Gasteiger charge is 2.61. The molecule has 4 aromatic rings. The van der Waals surface area contributed by atoms with Gasteiger partial charge in [0.05, 0.1) is 11.1 Å². The van der Waals surface area contributed by atoms with Gasteiger partial charge in [-0.2, -0.15) is 0 Å². The summed E-state index contributed by atoms with van der Waals surface area (Å²) in [6, 6.07) is 18.4. The number of carboxylic acids is 4. The van der Waals surface area contributed by atoms with Crippen LogP contribution in [0.1, 0.15) is 52.6 Å². The van der Waals surface area contributed by atoms with Gasteiger partial charge >= 0.3 is 35.8 Å². The largest absolute Gasteiger partial charge is 0.478 e. The summed E-state index contributed by atoms with van der Waals surface area (Å²) in [5, 5.41) is 37.7. The van der Waals surface area contributed by atoms with Crippen LogP contribution < -0.4 is 9.47 Å². The highest BCUT2D eigenvalue weighted by atomic mass is 16.6. The van der Waals surface area contributed by atoms with Crippen LogP contribution in [-0.2, 0) is 19.7 Å². The lowest BCUT2D eigenvalue weighted by Gasteiger charge is -2.37. The maximum atomic E-state index is 12.8. The van der Waals surface area contributed by atoms with Crippen molar-refractivity contribution >= 4 is 35.8 Å². The Hall–Kier alpha value is -6.50. The summed E-state index contributed by atoms with van der Waals surface area (Å²) in [7, 11) is 0. The number of ether oxygens (including phenoxy) is 3. The molecule has 0 unspecified atom stereocenters. The van der Waals surface area contributed by atoms with Crippen molar-refractivity contribution < 1.29 is 63.4 Å². The van der Waals surface area contributed by atoms with Crippen LogP contribution in [-0.4, -0.2) is 56.2 Å². The lowest BCUT2D eigenvalue weighted by atomic mass is 9.71. The second-order valence-electron chi connectivity index (χ2n) is 9.26. The molecule has 4 aromatic carbocycles. The number of hydrogen-bond donors (Lipinski definition) is 4. The molecule has 1 fully saturated rings. The van der Waals surface area contributed by atoms with Gasteiger partial charge in [0.2, 0.25) is 5.41 Å². The van der Waals surface area contributed by atoms with Crippen LogP contribution >= 0.6 is 0 Å². The molecule has 44 heavy (non-hydrogen) atoms. The average molecular weight is 598 g/mol. The van der Waals surface area contributed by atoms with Gasteiger partial charge in [0.15, 0.2) is 0 Å². The molecule has 220 valence electrons. The zero-order valence-corrected chi connectivity index (χ0v) is 22.0. The standard InChI is InChI=1S/C31H18O13/c32-25(33)19-3-1-5-21(23(19)27(36)37)42-17-11-7-15(8-12-17)31(29(40)44-30(31)41)16-9-13-18(14-10-16)43-22-6-2-4-20(26(34)35)24(22)28(38)39/h1-14H,(H,32,33)(H,34,35)(H,36,37)(H,38,39). The molecule has 13 heteroatoms. The number of carbonyl (C=O) groups excluding carboxylic acids is 2. The van der Waals surface area contributed by atoms with E-state index in [1.165, 1.54) is 72.8 Å². The predicted molar refractivity (Wildman–Crippen MR) is 146 cm³/mol. The fourth-order valence-corrected chi connectivity index (χ4v) is 4.74. The first-order chi connectivity index (χ1) is 20.9. The van der Waals surface area contributed by atoms with E-state index in [0.29, 0.717) is 0 Å². The van der Waals surface area contributed by atoms with Gasteiger partial charge in [-0.3, -0.25) is 0 Å².